The quantitative estimate of drug-likeness (QED) is 0.808. The molecule has 2 saturated carbocycles. The van der Waals surface area contributed by atoms with Gasteiger partial charge < -0.3 is 4.74 Å². The van der Waals surface area contributed by atoms with Crippen molar-refractivity contribution in [3.8, 4) is 5.75 Å². The number of benzene rings is 1. The first kappa shape index (κ1) is 14.2. The summed E-state index contributed by atoms with van der Waals surface area (Å²) in [6.07, 6.45) is 6.18. The van der Waals surface area contributed by atoms with Crippen molar-refractivity contribution in [1.82, 2.24) is 0 Å². The molecule has 0 aromatic heterocycles. The van der Waals surface area contributed by atoms with Crippen LogP contribution in [0.4, 0.5) is 4.39 Å². The molecule has 3 heteroatoms. The Morgan fingerprint density at radius 3 is 2.95 bits per heavy atom. The number of rotatable bonds is 2. The lowest BCUT2D eigenvalue weighted by molar-refractivity contribution is -0.129. The Labute approximate surface area is 131 Å². The first-order valence-corrected chi connectivity index (χ1v) is 8.48. The third kappa shape index (κ3) is 1.94. The molecule has 0 bridgehead atoms. The fourth-order valence-corrected chi connectivity index (χ4v) is 5.48. The van der Waals surface area contributed by atoms with E-state index < -0.39 is 6.86 Å². The van der Waals surface area contributed by atoms with E-state index in [1.807, 2.05) is 12.1 Å². The number of carbonyl (C=O) groups is 1. The van der Waals surface area contributed by atoms with E-state index >= 15 is 0 Å². The zero-order valence-corrected chi connectivity index (χ0v) is 13.1. The van der Waals surface area contributed by atoms with Gasteiger partial charge in [-0.3, -0.25) is 4.79 Å². The molecule has 22 heavy (non-hydrogen) atoms. The van der Waals surface area contributed by atoms with Crippen molar-refractivity contribution in [3.63, 3.8) is 0 Å². The third-order valence-corrected chi connectivity index (χ3v) is 6.63. The van der Waals surface area contributed by atoms with Crippen LogP contribution < -0.4 is 4.74 Å². The first-order valence-electron chi connectivity index (χ1n) is 8.48. The lowest BCUT2D eigenvalue weighted by atomic mass is 9.55. The van der Waals surface area contributed by atoms with E-state index in [9.17, 15) is 9.18 Å². The molecule has 3 aliphatic rings. The Kier molecular flexibility index (Phi) is 3.28. The molecule has 0 aliphatic heterocycles. The Balaban J connectivity index is 1.66. The summed E-state index contributed by atoms with van der Waals surface area (Å²) in [7, 11) is 0. The maximum absolute atomic E-state index is 12.4. The number of fused-ring (bicyclic) bond motifs is 5. The van der Waals surface area contributed by atoms with E-state index in [1.165, 1.54) is 11.1 Å². The predicted octanol–water partition coefficient (Wildman–Crippen LogP) is 4.42. The molecule has 0 spiro atoms. The third-order valence-electron chi connectivity index (χ3n) is 6.63. The summed E-state index contributed by atoms with van der Waals surface area (Å²) in [6, 6.07) is 6.05. The van der Waals surface area contributed by atoms with Crippen molar-refractivity contribution in [2.45, 2.75) is 51.4 Å². The van der Waals surface area contributed by atoms with Crippen molar-refractivity contribution < 1.29 is 13.9 Å². The maximum atomic E-state index is 12.4. The highest BCUT2D eigenvalue weighted by molar-refractivity contribution is 5.87. The highest BCUT2D eigenvalue weighted by Gasteiger charge is 2.54. The summed E-state index contributed by atoms with van der Waals surface area (Å²) < 4.78 is 17.3. The fourth-order valence-electron chi connectivity index (χ4n) is 5.48. The van der Waals surface area contributed by atoms with Crippen LogP contribution >= 0.6 is 0 Å². The van der Waals surface area contributed by atoms with Gasteiger partial charge in [-0.25, -0.2) is 4.39 Å². The van der Waals surface area contributed by atoms with Gasteiger partial charge in [0, 0.05) is 11.8 Å². The molecule has 118 valence electrons. The molecule has 3 aliphatic carbocycles. The topological polar surface area (TPSA) is 26.3 Å². The number of carbonyl (C=O) groups excluding carboxylic acids is 1. The van der Waals surface area contributed by atoms with E-state index in [0.717, 1.165) is 38.5 Å². The Hall–Kier alpha value is -1.38. The van der Waals surface area contributed by atoms with Crippen LogP contribution in [0.25, 0.3) is 0 Å². The maximum Gasteiger partial charge on any atom is 0.228 e. The highest BCUT2D eigenvalue weighted by atomic mass is 19.1. The summed E-state index contributed by atoms with van der Waals surface area (Å²) in [5.41, 5.74) is 2.68. The predicted molar refractivity (Wildman–Crippen MR) is 82.7 cm³/mol. The van der Waals surface area contributed by atoms with Gasteiger partial charge in [0.05, 0.1) is 0 Å². The number of hydrogen-bond donors (Lipinski definition) is 0. The van der Waals surface area contributed by atoms with Crippen LogP contribution in [0.5, 0.6) is 5.75 Å². The average molecular weight is 302 g/mol. The van der Waals surface area contributed by atoms with Crippen LogP contribution in [-0.2, 0) is 11.2 Å². The molecular weight excluding hydrogens is 279 g/mol. The molecule has 2 fully saturated rings. The summed E-state index contributed by atoms with van der Waals surface area (Å²) in [5.74, 6) is 2.91. The van der Waals surface area contributed by atoms with Gasteiger partial charge >= 0.3 is 0 Å². The SMILES string of the molecule is C[C@]12CC[C@@H]3c4ccc(OCF)cc4CC[C@H]3[C@@H]1CCC2=O. The molecular formula is C19H23FO2. The summed E-state index contributed by atoms with van der Waals surface area (Å²) in [5, 5.41) is 0. The minimum absolute atomic E-state index is 0.0596. The van der Waals surface area contributed by atoms with Crippen molar-refractivity contribution in [1.29, 1.82) is 0 Å². The molecule has 0 heterocycles. The monoisotopic (exact) mass is 302 g/mol. The second-order valence-electron chi connectivity index (χ2n) is 7.45. The second kappa shape index (κ2) is 5.07. The van der Waals surface area contributed by atoms with Gasteiger partial charge in [0.1, 0.15) is 11.5 Å². The van der Waals surface area contributed by atoms with Crippen molar-refractivity contribution >= 4 is 5.78 Å². The van der Waals surface area contributed by atoms with Crippen LogP contribution in [0.3, 0.4) is 0 Å². The normalized spacial score (nSPS) is 36.5. The molecule has 0 amide bonds. The molecule has 4 rings (SSSR count). The van der Waals surface area contributed by atoms with Crippen LogP contribution in [0.15, 0.2) is 18.2 Å². The number of Topliss-reactive ketones (excluding diaryl/α,β-unsaturated/α-hetero) is 1. The number of halogens is 1. The van der Waals surface area contributed by atoms with Crippen molar-refractivity contribution in [2.24, 2.45) is 17.3 Å². The molecule has 1 aromatic carbocycles. The van der Waals surface area contributed by atoms with E-state index in [0.29, 0.717) is 29.3 Å². The number of hydrogen-bond acceptors (Lipinski definition) is 2. The minimum Gasteiger partial charge on any atom is -0.463 e. The summed E-state index contributed by atoms with van der Waals surface area (Å²) in [6.45, 7) is 1.43. The number of ether oxygens (including phenoxy) is 1. The molecule has 4 atom stereocenters. The smallest absolute Gasteiger partial charge is 0.228 e. The molecule has 0 N–H and O–H groups in total. The van der Waals surface area contributed by atoms with Crippen LogP contribution in [-0.4, -0.2) is 12.6 Å². The van der Waals surface area contributed by atoms with Gasteiger partial charge in [-0.1, -0.05) is 13.0 Å². The second-order valence-corrected chi connectivity index (χ2v) is 7.45. The van der Waals surface area contributed by atoms with Gasteiger partial charge in [0.25, 0.3) is 0 Å². The van der Waals surface area contributed by atoms with E-state index in [2.05, 4.69) is 13.0 Å². The first-order chi connectivity index (χ1) is 10.6. The Morgan fingerprint density at radius 2 is 2.14 bits per heavy atom. The van der Waals surface area contributed by atoms with Gasteiger partial charge in [-0.15, -0.1) is 0 Å². The van der Waals surface area contributed by atoms with Crippen LogP contribution in [0, 0.1) is 17.3 Å². The van der Waals surface area contributed by atoms with Crippen molar-refractivity contribution in [2.75, 3.05) is 6.86 Å². The largest absolute Gasteiger partial charge is 0.463 e. The van der Waals surface area contributed by atoms with E-state index in [4.69, 9.17) is 4.74 Å². The standard InChI is InChI=1S/C19H23FO2/c1-19-9-8-15-14-5-3-13(22-11-20)10-12(14)2-4-16(15)17(19)6-7-18(19)21/h3,5,10,15-17H,2,4,6-9,11H2,1H3/t15-,16-,17+,19+/m1/s1. The lowest BCUT2D eigenvalue weighted by Crippen LogP contribution is -2.42. The fraction of sp³-hybridized carbons (Fsp3) is 0.632. The van der Waals surface area contributed by atoms with Gasteiger partial charge in [0.15, 0.2) is 0 Å². The Morgan fingerprint density at radius 1 is 1.27 bits per heavy atom. The number of alkyl halides is 1. The zero-order chi connectivity index (χ0) is 15.3. The highest BCUT2D eigenvalue weighted by Crippen LogP contribution is 2.59. The molecule has 0 saturated heterocycles. The van der Waals surface area contributed by atoms with Gasteiger partial charge in [0.2, 0.25) is 6.86 Å². The molecule has 2 nitrogen and oxygen atoms in total. The zero-order valence-electron chi connectivity index (χ0n) is 13.1. The summed E-state index contributed by atoms with van der Waals surface area (Å²) in [4.78, 5) is 12.3. The average Bonchev–Trinajstić information content (AvgIpc) is 2.83. The van der Waals surface area contributed by atoms with E-state index in [-0.39, 0.29) is 5.41 Å². The van der Waals surface area contributed by atoms with Gasteiger partial charge in [-0.2, -0.15) is 0 Å². The van der Waals surface area contributed by atoms with Crippen LogP contribution in [0.2, 0.25) is 0 Å². The molecule has 0 radical (unpaired) electrons. The van der Waals surface area contributed by atoms with Gasteiger partial charge in [-0.05, 0) is 73.1 Å². The molecule has 1 aromatic rings. The molecule has 0 unspecified atom stereocenters. The minimum atomic E-state index is -0.770. The summed E-state index contributed by atoms with van der Waals surface area (Å²) >= 11 is 0. The number of aryl methyl sites for hydroxylation is 1. The van der Waals surface area contributed by atoms with Crippen molar-refractivity contribution in [3.05, 3.63) is 29.3 Å². The van der Waals surface area contributed by atoms with E-state index in [1.54, 1.807) is 0 Å². The Bertz CT molecular complexity index is 611. The number of ketones is 1. The lowest BCUT2D eigenvalue weighted by Gasteiger charge is -2.48. The van der Waals surface area contributed by atoms with Crippen LogP contribution in [0.1, 0.15) is 56.1 Å².